The van der Waals surface area contributed by atoms with Crippen LogP contribution in [0.25, 0.3) is 0 Å². The largest absolute Gasteiger partial charge is 0.0887 e. The van der Waals surface area contributed by atoms with Crippen LogP contribution < -0.4 is 0 Å². The quantitative estimate of drug-likeness (QED) is 0.657. The van der Waals surface area contributed by atoms with Gasteiger partial charge in [0.2, 0.25) is 0 Å². The number of benzene rings is 2. The summed E-state index contributed by atoms with van der Waals surface area (Å²) in [6.45, 7) is 0. The Labute approximate surface area is 116 Å². The minimum atomic E-state index is -0.971. The minimum absolute atomic E-state index is 0.971. The molecule has 1 aliphatic rings. The van der Waals surface area contributed by atoms with Gasteiger partial charge in [0, 0.05) is 13.7 Å². The lowest BCUT2D eigenvalue weighted by molar-refractivity contribution is 1.20. The minimum Gasteiger partial charge on any atom is -0.0622 e. The normalized spacial score (nSPS) is 16.6. The van der Waals surface area contributed by atoms with E-state index in [1.165, 1.54) is 36.0 Å². The molecule has 0 saturated heterocycles. The summed E-state index contributed by atoms with van der Waals surface area (Å²) in [5.74, 6) is 2.56. The Morgan fingerprint density at radius 3 is 1.68 bits per heavy atom. The zero-order valence-corrected chi connectivity index (χ0v) is 12.1. The Morgan fingerprint density at radius 2 is 1.26 bits per heavy atom. The second kappa shape index (κ2) is 5.72. The molecule has 96 valence electrons. The van der Waals surface area contributed by atoms with Crippen molar-refractivity contribution in [3.05, 3.63) is 83.7 Å². The van der Waals surface area contributed by atoms with Crippen molar-refractivity contribution < 1.29 is 0 Å². The third-order valence-electron chi connectivity index (χ3n) is 3.84. The molecule has 1 heteroatoms. The standard InChI is InChI=1S/C18H20P/c1-3-9-17(10-4-1)15-19(13-7-8-14-19)16-18-11-5-2-6-12-18/h1-7,9-13H,8,14-16H2/q+1. The van der Waals surface area contributed by atoms with Gasteiger partial charge in [0.05, 0.1) is 24.3 Å². The summed E-state index contributed by atoms with van der Waals surface area (Å²) in [5, 5.41) is 0. The summed E-state index contributed by atoms with van der Waals surface area (Å²) in [7, 11) is -0.971. The van der Waals surface area contributed by atoms with Crippen LogP contribution in [-0.2, 0) is 12.3 Å². The van der Waals surface area contributed by atoms with Crippen LogP contribution in [0.5, 0.6) is 0 Å². The SMILES string of the molecule is C1=C[P+](Cc2ccccc2)(Cc2ccccc2)CC1. The highest BCUT2D eigenvalue weighted by Crippen LogP contribution is 2.68. The van der Waals surface area contributed by atoms with Crippen LogP contribution >= 0.6 is 7.26 Å². The van der Waals surface area contributed by atoms with Crippen LogP contribution in [-0.4, -0.2) is 6.16 Å². The first-order chi connectivity index (χ1) is 9.36. The average Bonchev–Trinajstić information content (AvgIpc) is 2.89. The molecule has 2 aromatic rings. The van der Waals surface area contributed by atoms with Gasteiger partial charge in [-0.3, -0.25) is 0 Å². The lowest BCUT2D eigenvalue weighted by Crippen LogP contribution is -2.00. The molecule has 0 bridgehead atoms. The molecule has 0 saturated carbocycles. The van der Waals surface area contributed by atoms with Gasteiger partial charge in [-0.25, -0.2) is 0 Å². The molecule has 0 nitrogen and oxygen atoms in total. The van der Waals surface area contributed by atoms with Gasteiger partial charge in [-0.2, -0.15) is 0 Å². The maximum Gasteiger partial charge on any atom is 0.0887 e. The second-order valence-electron chi connectivity index (χ2n) is 5.40. The monoisotopic (exact) mass is 267 g/mol. The lowest BCUT2D eigenvalue weighted by atomic mass is 10.2. The molecule has 0 unspecified atom stereocenters. The fourth-order valence-electron chi connectivity index (χ4n) is 2.92. The van der Waals surface area contributed by atoms with Crippen molar-refractivity contribution in [2.45, 2.75) is 18.7 Å². The van der Waals surface area contributed by atoms with E-state index in [0.717, 1.165) is 0 Å². The Balaban J connectivity index is 1.82. The second-order valence-corrected chi connectivity index (χ2v) is 9.22. The van der Waals surface area contributed by atoms with E-state index in [1.54, 1.807) is 0 Å². The predicted molar refractivity (Wildman–Crippen MR) is 85.8 cm³/mol. The van der Waals surface area contributed by atoms with Crippen molar-refractivity contribution in [2.24, 2.45) is 0 Å². The van der Waals surface area contributed by atoms with Gasteiger partial charge in [0.1, 0.15) is 0 Å². The van der Waals surface area contributed by atoms with Crippen molar-refractivity contribution in [3.8, 4) is 0 Å². The number of allylic oxidation sites excluding steroid dienone is 1. The van der Waals surface area contributed by atoms with Crippen molar-refractivity contribution in [1.82, 2.24) is 0 Å². The number of rotatable bonds is 4. The van der Waals surface area contributed by atoms with Crippen LogP contribution in [0.2, 0.25) is 0 Å². The van der Waals surface area contributed by atoms with E-state index < -0.39 is 7.26 Å². The highest BCUT2D eigenvalue weighted by atomic mass is 31.2. The summed E-state index contributed by atoms with van der Waals surface area (Å²) < 4.78 is 0. The molecule has 0 spiro atoms. The number of hydrogen-bond acceptors (Lipinski definition) is 0. The smallest absolute Gasteiger partial charge is 0.0622 e. The third kappa shape index (κ3) is 3.14. The van der Waals surface area contributed by atoms with Crippen LogP contribution in [0.1, 0.15) is 17.5 Å². The Hall–Kier alpha value is -1.39. The summed E-state index contributed by atoms with van der Waals surface area (Å²) in [5.41, 5.74) is 3.00. The first-order valence-electron chi connectivity index (χ1n) is 6.98. The maximum absolute atomic E-state index is 2.56. The van der Waals surface area contributed by atoms with Crippen LogP contribution in [0, 0.1) is 0 Å². The average molecular weight is 267 g/mol. The van der Waals surface area contributed by atoms with Crippen LogP contribution in [0.4, 0.5) is 0 Å². The van der Waals surface area contributed by atoms with E-state index in [-0.39, 0.29) is 0 Å². The molecule has 1 aliphatic heterocycles. The molecule has 0 radical (unpaired) electrons. The molecule has 2 aromatic carbocycles. The van der Waals surface area contributed by atoms with Gasteiger partial charge in [-0.15, -0.1) is 0 Å². The van der Waals surface area contributed by atoms with Gasteiger partial charge in [0.25, 0.3) is 0 Å². The zero-order chi connectivity index (χ0) is 13.0. The molecule has 0 fully saturated rings. The fourth-order valence-corrected chi connectivity index (χ4v) is 6.84. The molecule has 19 heavy (non-hydrogen) atoms. The van der Waals surface area contributed by atoms with E-state index in [4.69, 9.17) is 0 Å². The maximum atomic E-state index is 2.56. The van der Waals surface area contributed by atoms with Crippen LogP contribution in [0.3, 0.4) is 0 Å². The summed E-state index contributed by atoms with van der Waals surface area (Å²) >= 11 is 0. The molecule has 0 aromatic heterocycles. The first-order valence-corrected chi connectivity index (χ1v) is 9.39. The Kier molecular flexibility index (Phi) is 3.80. The highest BCUT2D eigenvalue weighted by Gasteiger charge is 2.37. The molecular formula is C18H20P+. The van der Waals surface area contributed by atoms with Crippen molar-refractivity contribution in [2.75, 3.05) is 6.16 Å². The van der Waals surface area contributed by atoms with E-state index in [9.17, 15) is 0 Å². The fraction of sp³-hybridized carbons (Fsp3) is 0.222. The lowest BCUT2D eigenvalue weighted by Gasteiger charge is -2.20. The van der Waals surface area contributed by atoms with Crippen LogP contribution in [0.15, 0.2) is 72.6 Å². The zero-order valence-electron chi connectivity index (χ0n) is 11.2. The van der Waals surface area contributed by atoms with E-state index >= 15 is 0 Å². The molecule has 0 N–H and O–H groups in total. The van der Waals surface area contributed by atoms with Gasteiger partial charge in [-0.05, 0) is 17.2 Å². The molecule has 3 rings (SSSR count). The molecule has 0 atom stereocenters. The van der Waals surface area contributed by atoms with Crippen molar-refractivity contribution in [3.63, 3.8) is 0 Å². The summed E-state index contributed by atoms with van der Waals surface area (Å²) in [4.78, 5) is 0. The Morgan fingerprint density at radius 1 is 0.737 bits per heavy atom. The van der Waals surface area contributed by atoms with Gasteiger partial charge in [-0.1, -0.05) is 60.7 Å². The molecule has 1 heterocycles. The number of hydrogen-bond donors (Lipinski definition) is 0. The van der Waals surface area contributed by atoms with E-state index in [1.807, 2.05) is 0 Å². The Bertz CT molecular complexity index is 501. The summed E-state index contributed by atoms with van der Waals surface area (Å²) in [6, 6.07) is 22.0. The predicted octanol–water partition coefficient (Wildman–Crippen LogP) is 5.32. The van der Waals surface area contributed by atoms with Crippen molar-refractivity contribution in [1.29, 1.82) is 0 Å². The highest BCUT2D eigenvalue weighted by molar-refractivity contribution is 7.77. The van der Waals surface area contributed by atoms with E-state index in [0.29, 0.717) is 0 Å². The first kappa shape index (κ1) is 12.6. The molecular weight excluding hydrogens is 247 g/mol. The van der Waals surface area contributed by atoms with Crippen molar-refractivity contribution >= 4 is 7.26 Å². The molecule has 0 aliphatic carbocycles. The van der Waals surface area contributed by atoms with Gasteiger partial charge < -0.3 is 0 Å². The van der Waals surface area contributed by atoms with Gasteiger partial charge in [0.15, 0.2) is 0 Å². The van der Waals surface area contributed by atoms with Gasteiger partial charge >= 0.3 is 0 Å². The summed E-state index contributed by atoms with van der Waals surface area (Å²) in [6.07, 6.45) is 7.59. The molecule has 0 amide bonds. The van der Waals surface area contributed by atoms with E-state index in [2.05, 4.69) is 72.6 Å². The third-order valence-corrected chi connectivity index (χ3v) is 7.83. The topological polar surface area (TPSA) is 0 Å².